The van der Waals surface area contributed by atoms with Crippen LogP contribution < -0.4 is 0 Å². The number of fused-ring (bicyclic) bond motifs is 2. The van der Waals surface area contributed by atoms with Gasteiger partial charge in [0.1, 0.15) is 0 Å². The maximum absolute atomic E-state index is 6.04. The molecule has 0 bridgehead atoms. The minimum atomic E-state index is -0.473. The van der Waals surface area contributed by atoms with Gasteiger partial charge in [-0.15, -0.1) is 93.9 Å². The van der Waals surface area contributed by atoms with Gasteiger partial charge in [0, 0.05) is 10.8 Å². The molecule has 8 rings (SSSR count). The minimum absolute atomic E-state index is 0. The monoisotopic (exact) mass is 1030 g/mol. The first-order chi connectivity index (χ1) is 29.2. The van der Waals surface area contributed by atoms with Crippen LogP contribution in [-0.2, 0) is 66.0 Å². The third-order valence-corrected chi connectivity index (χ3v) is 13.2. The predicted molar refractivity (Wildman–Crippen MR) is 285 cm³/mol. The summed E-state index contributed by atoms with van der Waals surface area (Å²) in [5.74, 6) is -0.946. The van der Waals surface area contributed by atoms with Crippen molar-refractivity contribution < 1.29 is 42.3 Å². The standard InChI is InChI=1S/2C28H35O2.2CH3.2ClH.Si.Zr/c2*1-7-28(18-29-27(5,6)30-19-28)17-20-15-21-11-10-13-22(24(21)16-20)23-12-8-9-14-25(23)26(2,3)4;;;;;;/h2*8-16H,7,17-19H2,1-6H3;2*1H3;2*1H;;/q4*-1;;;;. The fraction of sp³-hybridized carbons (Fsp3) is 0.448. The van der Waals surface area contributed by atoms with Crippen molar-refractivity contribution in [3.8, 4) is 22.3 Å². The fourth-order valence-electron chi connectivity index (χ4n) is 9.21. The molecular formula is C58H78Cl2O4SiZr-4. The molecule has 0 spiro atoms. The van der Waals surface area contributed by atoms with E-state index in [0.29, 0.717) is 0 Å². The Morgan fingerprint density at radius 1 is 0.500 bits per heavy atom. The molecule has 6 aromatic rings. The SMILES string of the molecule is CCC1(Cc2cc3c(-c4ccccc4C(C)(C)C)cccc3[cH-]2)COC(C)(C)OC1.CCC1(Cc2cc3c(-c4ccccc4C(C)(C)C)cccc3[cH-]2)COC(C)(C)OC1.Cl.Cl.[CH3-].[CH3-].[Si]=[Zr]. The number of ether oxygens (including phenoxy) is 4. The van der Waals surface area contributed by atoms with Gasteiger partial charge in [-0.2, -0.15) is 12.1 Å². The number of hydrogen-bond acceptors (Lipinski definition) is 4. The maximum atomic E-state index is 6.04. The molecule has 0 atom stereocenters. The van der Waals surface area contributed by atoms with Crippen molar-refractivity contribution in [2.45, 2.75) is 131 Å². The summed E-state index contributed by atoms with van der Waals surface area (Å²) < 4.78 is 24.2. The van der Waals surface area contributed by atoms with Gasteiger partial charge in [-0.1, -0.05) is 127 Å². The predicted octanol–water partition coefficient (Wildman–Crippen LogP) is 15.9. The van der Waals surface area contributed by atoms with Crippen LogP contribution in [0.2, 0.25) is 0 Å². The molecule has 4 nitrogen and oxygen atoms in total. The van der Waals surface area contributed by atoms with E-state index in [4.69, 9.17) is 18.9 Å². The van der Waals surface area contributed by atoms with Gasteiger partial charge in [-0.25, -0.2) is 0 Å². The fourth-order valence-corrected chi connectivity index (χ4v) is 9.21. The van der Waals surface area contributed by atoms with Crippen LogP contribution in [0.1, 0.15) is 118 Å². The van der Waals surface area contributed by atoms with Crippen LogP contribution in [0.25, 0.3) is 43.8 Å². The number of hydrogen-bond donors (Lipinski definition) is 0. The Balaban J connectivity index is 0.000000413. The third kappa shape index (κ3) is 13.9. The van der Waals surface area contributed by atoms with E-state index < -0.39 is 11.6 Å². The molecule has 8 heteroatoms. The molecule has 2 aliphatic rings. The topological polar surface area (TPSA) is 36.9 Å². The van der Waals surface area contributed by atoms with E-state index in [1.54, 1.807) is 0 Å². The van der Waals surface area contributed by atoms with Crippen LogP contribution >= 0.6 is 24.8 Å². The van der Waals surface area contributed by atoms with Crippen molar-refractivity contribution in [1.82, 2.24) is 0 Å². The molecule has 0 saturated carbocycles. The average Bonchev–Trinajstić information content (AvgIpc) is 3.86. The molecule has 6 aromatic carbocycles. The van der Waals surface area contributed by atoms with Crippen molar-refractivity contribution in [2.24, 2.45) is 10.8 Å². The van der Waals surface area contributed by atoms with E-state index in [1.807, 2.05) is 27.7 Å². The summed E-state index contributed by atoms with van der Waals surface area (Å²) in [6.45, 7) is 32.3. The van der Waals surface area contributed by atoms with Gasteiger partial charge in [-0.3, -0.25) is 0 Å². The van der Waals surface area contributed by atoms with Crippen molar-refractivity contribution in [3.05, 3.63) is 146 Å². The Morgan fingerprint density at radius 2 is 0.803 bits per heavy atom. The van der Waals surface area contributed by atoms with Gasteiger partial charge in [0.05, 0.1) is 26.4 Å². The Morgan fingerprint density at radius 3 is 1.11 bits per heavy atom. The summed E-state index contributed by atoms with van der Waals surface area (Å²) in [5.41, 5.74) is 11.1. The second-order valence-corrected chi connectivity index (χ2v) is 21.0. The van der Waals surface area contributed by atoms with E-state index >= 15 is 0 Å². The normalized spacial score (nSPS) is 17.0. The Kier molecular flexibility index (Phi) is 21.7. The summed E-state index contributed by atoms with van der Waals surface area (Å²) in [6, 6.07) is 40.5. The molecule has 2 saturated heterocycles. The zero-order valence-corrected chi connectivity index (χ0v) is 47.6. The van der Waals surface area contributed by atoms with Gasteiger partial charge < -0.3 is 33.8 Å². The third-order valence-electron chi connectivity index (χ3n) is 13.2. The van der Waals surface area contributed by atoms with E-state index in [1.165, 1.54) is 89.4 Å². The molecule has 2 radical (unpaired) electrons. The van der Waals surface area contributed by atoms with Crippen LogP contribution in [0, 0.1) is 25.7 Å². The molecule has 0 aliphatic carbocycles. The van der Waals surface area contributed by atoms with E-state index in [2.05, 4.69) is 171 Å². The molecule has 66 heavy (non-hydrogen) atoms. The second kappa shape index (κ2) is 24.0. The summed E-state index contributed by atoms with van der Waals surface area (Å²) in [5, 5.41) is 5.31. The van der Waals surface area contributed by atoms with Crippen LogP contribution in [0.15, 0.2) is 109 Å². The quantitative estimate of drug-likeness (QED) is 0.112. The summed E-state index contributed by atoms with van der Waals surface area (Å²) in [4.78, 5) is 0. The molecule has 2 heterocycles. The van der Waals surface area contributed by atoms with Gasteiger partial charge >= 0.3 is 30.2 Å². The van der Waals surface area contributed by atoms with E-state index in [0.717, 1.165) is 52.1 Å². The number of halogens is 2. The van der Waals surface area contributed by atoms with Gasteiger partial charge in [-0.05, 0) is 86.5 Å². The van der Waals surface area contributed by atoms with Crippen LogP contribution in [0.5, 0.6) is 0 Å². The molecule has 360 valence electrons. The van der Waals surface area contributed by atoms with Crippen molar-refractivity contribution >= 4 is 53.2 Å². The second-order valence-electron chi connectivity index (χ2n) is 21.0. The van der Waals surface area contributed by atoms with Crippen LogP contribution in [-0.4, -0.2) is 44.9 Å². The first kappa shape index (κ1) is 59.7. The average molecular weight is 1030 g/mol. The summed E-state index contributed by atoms with van der Waals surface area (Å²) in [6.07, 6.45) is 4.05. The van der Waals surface area contributed by atoms with Crippen molar-refractivity contribution in [2.75, 3.05) is 26.4 Å². The molecule has 0 N–H and O–H groups in total. The van der Waals surface area contributed by atoms with Gasteiger partial charge in [0.25, 0.3) is 0 Å². The number of benzene rings is 4. The van der Waals surface area contributed by atoms with Gasteiger partial charge in [0.2, 0.25) is 0 Å². The van der Waals surface area contributed by atoms with Crippen LogP contribution in [0.4, 0.5) is 0 Å². The molecule has 2 fully saturated rings. The van der Waals surface area contributed by atoms with Gasteiger partial charge in [0.15, 0.2) is 11.6 Å². The van der Waals surface area contributed by atoms with Crippen molar-refractivity contribution in [3.63, 3.8) is 0 Å². The summed E-state index contributed by atoms with van der Waals surface area (Å²) >= 11 is 1.36. The molecular weight excluding hydrogens is 951 g/mol. The van der Waals surface area contributed by atoms with E-state index in [-0.39, 0.29) is 61.3 Å². The number of rotatable bonds is 8. The Bertz CT molecular complexity index is 2260. The van der Waals surface area contributed by atoms with Crippen molar-refractivity contribution in [1.29, 1.82) is 0 Å². The first-order valence-corrected chi connectivity index (χ1v) is 26.8. The molecule has 2 aliphatic heterocycles. The Hall–Kier alpha value is -2.38. The van der Waals surface area contributed by atoms with Crippen LogP contribution in [0.3, 0.4) is 0 Å². The van der Waals surface area contributed by atoms with E-state index in [9.17, 15) is 0 Å². The summed E-state index contributed by atoms with van der Waals surface area (Å²) in [7, 11) is 0. The zero-order valence-electron chi connectivity index (χ0n) is 42.5. The molecule has 0 unspecified atom stereocenters. The molecule has 0 amide bonds. The Labute approximate surface area is 429 Å². The molecule has 0 aromatic heterocycles. The first-order valence-electron chi connectivity index (χ1n) is 22.6. The zero-order chi connectivity index (χ0) is 45.1.